The van der Waals surface area contributed by atoms with Gasteiger partial charge >= 0.3 is 0 Å². The molecule has 0 bridgehead atoms. The lowest BCUT2D eigenvalue weighted by atomic mass is 10.0. The Labute approximate surface area is 117 Å². The first-order valence-electron chi connectivity index (χ1n) is 4.86. The first-order valence-corrected chi connectivity index (χ1v) is 6.47. The second kappa shape index (κ2) is 5.18. The molecule has 0 spiro atoms. The zero-order chi connectivity index (χ0) is 14.3. The fourth-order valence-electron chi connectivity index (χ4n) is 1.53. The molecule has 0 saturated heterocycles. The molecule has 1 heterocycles. The number of rotatable bonds is 2. The average molecular weight is 358 g/mol. The topological polar surface area (TPSA) is 26.0 Å². The minimum atomic E-state index is -2.20. The van der Waals surface area contributed by atoms with Gasteiger partial charge in [0.05, 0.1) is 15.4 Å². The van der Waals surface area contributed by atoms with E-state index in [1.165, 1.54) is 6.07 Å². The van der Waals surface area contributed by atoms with Crippen LogP contribution in [0.4, 0.5) is 22.0 Å². The van der Waals surface area contributed by atoms with Gasteiger partial charge in [0.2, 0.25) is 5.82 Å². The van der Waals surface area contributed by atoms with Crippen molar-refractivity contribution in [2.24, 2.45) is 5.73 Å². The van der Waals surface area contributed by atoms with E-state index in [2.05, 4.69) is 15.9 Å². The highest BCUT2D eigenvalue weighted by Gasteiger charge is 2.30. The molecule has 0 aliphatic rings. The first-order chi connectivity index (χ1) is 8.84. The molecule has 8 heteroatoms. The summed E-state index contributed by atoms with van der Waals surface area (Å²) in [5, 5.41) is 0. The Morgan fingerprint density at radius 1 is 0.895 bits per heavy atom. The van der Waals surface area contributed by atoms with Crippen molar-refractivity contribution in [3.63, 3.8) is 0 Å². The molecule has 1 aromatic carbocycles. The summed E-state index contributed by atoms with van der Waals surface area (Å²) in [5.74, 6) is -10.0. The number of hydrogen-bond acceptors (Lipinski definition) is 2. The molecular formula is C11H5BrF5NS. The average Bonchev–Trinajstić information content (AvgIpc) is 2.81. The van der Waals surface area contributed by atoms with Gasteiger partial charge in [0.15, 0.2) is 23.3 Å². The largest absolute Gasteiger partial charge is 0.319 e. The minimum absolute atomic E-state index is 0.273. The second-order valence-corrected chi connectivity index (χ2v) is 6.10. The van der Waals surface area contributed by atoms with Crippen molar-refractivity contribution in [3.8, 4) is 0 Å². The lowest BCUT2D eigenvalue weighted by molar-refractivity contribution is 0.367. The van der Waals surface area contributed by atoms with Crippen LogP contribution in [0, 0.1) is 29.1 Å². The summed E-state index contributed by atoms with van der Waals surface area (Å²) in [4.78, 5) is 0.273. The van der Waals surface area contributed by atoms with Gasteiger partial charge in [-0.3, -0.25) is 0 Å². The van der Waals surface area contributed by atoms with Gasteiger partial charge in [0.1, 0.15) is 0 Å². The van der Waals surface area contributed by atoms with Crippen LogP contribution in [0.5, 0.6) is 0 Å². The molecule has 0 fully saturated rings. The van der Waals surface area contributed by atoms with Crippen LogP contribution in [0.15, 0.2) is 15.9 Å². The molecule has 1 unspecified atom stereocenters. The summed E-state index contributed by atoms with van der Waals surface area (Å²) in [6.07, 6.45) is 0. The van der Waals surface area contributed by atoms with Gasteiger partial charge in [-0.15, -0.1) is 11.3 Å². The maximum atomic E-state index is 13.5. The van der Waals surface area contributed by atoms with Gasteiger partial charge in [-0.25, -0.2) is 22.0 Å². The molecule has 2 rings (SSSR count). The predicted octanol–water partition coefficient (Wildman–Crippen LogP) is 4.25. The van der Waals surface area contributed by atoms with E-state index in [1.807, 2.05) is 0 Å². The van der Waals surface area contributed by atoms with E-state index in [0.29, 0.717) is 3.79 Å². The zero-order valence-corrected chi connectivity index (χ0v) is 11.4. The fraction of sp³-hybridized carbons (Fsp3) is 0.0909. The van der Waals surface area contributed by atoms with Crippen molar-refractivity contribution in [1.82, 2.24) is 0 Å². The van der Waals surface area contributed by atoms with Crippen LogP contribution in [0.25, 0.3) is 0 Å². The summed E-state index contributed by atoms with van der Waals surface area (Å²) in [6.45, 7) is 0. The Morgan fingerprint density at radius 3 is 1.79 bits per heavy atom. The fourth-order valence-corrected chi connectivity index (χ4v) is 2.97. The SMILES string of the molecule is NC(c1ccc(Br)s1)c1c(F)c(F)c(F)c(F)c1F. The molecule has 1 nitrogen and oxygen atoms in total. The van der Waals surface area contributed by atoms with Crippen molar-refractivity contribution in [2.75, 3.05) is 0 Å². The number of halogens is 6. The van der Waals surface area contributed by atoms with Crippen LogP contribution in [0.2, 0.25) is 0 Å². The van der Waals surface area contributed by atoms with E-state index >= 15 is 0 Å². The molecule has 1 atom stereocenters. The summed E-state index contributed by atoms with van der Waals surface area (Å²) >= 11 is 4.16. The van der Waals surface area contributed by atoms with Crippen molar-refractivity contribution in [2.45, 2.75) is 6.04 Å². The van der Waals surface area contributed by atoms with Gasteiger partial charge in [0.25, 0.3) is 0 Å². The normalized spacial score (nSPS) is 12.8. The highest BCUT2D eigenvalue weighted by molar-refractivity contribution is 9.11. The Morgan fingerprint density at radius 2 is 1.37 bits per heavy atom. The number of benzene rings is 1. The summed E-state index contributed by atoms with van der Waals surface area (Å²) < 4.78 is 66.7. The molecule has 0 aliphatic carbocycles. The van der Waals surface area contributed by atoms with Crippen molar-refractivity contribution in [3.05, 3.63) is 55.4 Å². The van der Waals surface area contributed by atoms with Gasteiger partial charge in [-0.05, 0) is 28.1 Å². The van der Waals surface area contributed by atoms with E-state index in [1.54, 1.807) is 6.07 Å². The maximum absolute atomic E-state index is 13.5. The third-order valence-electron chi connectivity index (χ3n) is 2.46. The lowest BCUT2D eigenvalue weighted by Gasteiger charge is -2.13. The molecule has 0 amide bonds. The van der Waals surface area contributed by atoms with Gasteiger partial charge in [-0.1, -0.05) is 0 Å². The molecule has 0 aliphatic heterocycles. The Bertz CT molecular complexity index is 613. The maximum Gasteiger partial charge on any atom is 0.200 e. The monoisotopic (exact) mass is 357 g/mol. The molecule has 0 radical (unpaired) electrons. The Balaban J connectivity index is 2.63. The van der Waals surface area contributed by atoms with E-state index in [4.69, 9.17) is 5.73 Å². The van der Waals surface area contributed by atoms with Gasteiger partial charge in [-0.2, -0.15) is 0 Å². The van der Waals surface area contributed by atoms with E-state index in [-0.39, 0.29) is 4.88 Å². The summed E-state index contributed by atoms with van der Waals surface area (Å²) in [7, 11) is 0. The van der Waals surface area contributed by atoms with Gasteiger partial charge in [0, 0.05) is 4.88 Å². The zero-order valence-electron chi connectivity index (χ0n) is 8.99. The molecule has 102 valence electrons. The summed E-state index contributed by atoms with van der Waals surface area (Å²) in [5.41, 5.74) is 4.54. The Kier molecular flexibility index (Phi) is 3.93. The van der Waals surface area contributed by atoms with Crippen molar-refractivity contribution >= 4 is 27.3 Å². The number of nitrogens with two attached hydrogens (primary N) is 1. The van der Waals surface area contributed by atoms with Crippen LogP contribution in [-0.2, 0) is 0 Å². The molecule has 2 aromatic rings. The molecule has 19 heavy (non-hydrogen) atoms. The van der Waals surface area contributed by atoms with E-state index in [9.17, 15) is 22.0 Å². The standard InChI is InChI=1S/C11H5BrF5NS/c12-4-2-1-3(19-4)11(18)5-6(13)8(15)10(17)9(16)7(5)14/h1-2,11H,18H2. The number of hydrogen-bond donors (Lipinski definition) is 1. The van der Waals surface area contributed by atoms with Crippen LogP contribution >= 0.6 is 27.3 Å². The third-order valence-corrected chi connectivity index (χ3v) is 4.16. The quantitative estimate of drug-likeness (QED) is 0.485. The predicted molar refractivity (Wildman–Crippen MR) is 64.3 cm³/mol. The third kappa shape index (κ3) is 2.39. The van der Waals surface area contributed by atoms with Gasteiger partial charge < -0.3 is 5.73 Å². The van der Waals surface area contributed by atoms with Crippen LogP contribution in [0.1, 0.15) is 16.5 Å². The van der Waals surface area contributed by atoms with Crippen molar-refractivity contribution in [1.29, 1.82) is 0 Å². The van der Waals surface area contributed by atoms with E-state index in [0.717, 1.165) is 11.3 Å². The van der Waals surface area contributed by atoms with Crippen LogP contribution < -0.4 is 5.73 Å². The molecule has 1 aromatic heterocycles. The van der Waals surface area contributed by atoms with Crippen LogP contribution in [0.3, 0.4) is 0 Å². The minimum Gasteiger partial charge on any atom is -0.319 e. The van der Waals surface area contributed by atoms with Crippen LogP contribution in [-0.4, -0.2) is 0 Å². The van der Waals surface area contributed by atoms with Crippen molar-refractivity contribution < 1.29 is 22.0 Å². The molecule has 0 saturated carbocycles. The lowest BCUT2D eigenvalue weighted by Crippen LogP contribution is -2.18. The summed E-state index contributed by atoms with van der Waals surface area (Å²) in [6, 6.07) is 1.57. The molecule has 2 N–H and O–H groups in total. The smallest absolute Gasteiger partial charge is 0.200 e. The second-order valence-electron chi connectivity index (χ2n) is 3.60. The highest BCUT2D eigenvalue weighted by atomic mass is 79.9. The number of thiophene rings is 1. The Hall–Kier alpha value is -0.990. The highest BCUT2D eigenvalue weighted by Crippen LogP contribution is 2.34. The first kappa shape index (κ1) is 14.4. The van der Waals surface area contributed by atoms with E-state index < -0.39 is 40.7 Å². The molecular weight excluding hydrogens is 353 g/mol.